The van der Waals surface area contributed by atoms with Crippen LogP contribution in [0, 0.1) is 0 Å². The van der Waals surface area contributed by atoms with E-state index >= 15 is 0 Å². The van der Waals surface area contributed by atoms with Crippen molar-refractivity contribution in [3.05, 3.63) is 0 Å². The minimum Gasteiger partial charge on any atom is -0.462 e. The number of hydrogen-bond acceptors (Lipinski definition) is 6. The van der Waals surface area contributed by atoms with E-state index in [9.17, 15) is 14.4 Å². The SMILES string of the molecule is CCCCCCCCCCCCCC(=O)OC[C@H](CNC(=O)OC(C)(C)C)OC(=O)CCCCCCCCCCCCC. The highest BCUT2D eigenvalue weighted by molar-refractivity contribution is 5.71. The molecule has 1 atom stereocenters. The average molecular weight is 612 g/mol. The molecule has 0 aliphatic carbocycles. The lowest BCUT2D eigenvalue weighted by atomic mass is 10.1. The number of carbonyl (C=O) groups excluding carboxylic acids is 3. The van der Waals surface area contributed by atoms with E-state index in [4.69, 9.17) is 14.2 Å². The Morgan fingerprint density at radius 2 is 0.930 bits per heavy atom. The molecule has 7 nitrogen and oxygen atoms in total. The summed E-state index contributed by atoms with van der Waals surface area (Å²) in [6, 6.07) is 0. The van der Waals surface area contributed by atoms with Crippen LogP contribution in [0.4, 0.5) is 4.79 Å². The topological polar surface area (TPSA) is 90.9 Å². The van der Waals surface area contributed by atoms with Crippen LogP contribution in [-0.4, -0.2) is 42.9 Å². The fourth-order valence-corrected chi connectivity index (χ4v) is 5.02. The Bertz CT molecular complexity index is 675. The second-order valence-corrected chi connectivity index (χ2v) is 13.2. The lowest BCUT2D eigenvalue weighted by Gasteiger charge is -2.22. The van der Waals surface area contributed by atoms with Gasteiger partial charge in [-0.15, -0.1) is 0 Å². The molecule has 0 rings (SSSR count). The quantitative estimate of drug-likeness (QED) is 0.0514. The number of hydrogen-bond donors (Lipinski definition) is 1. The third-order valence-electron chi connectivity index (χ3n) is 7.57. The van der Waals surface area contributed by atoms with Crippen LogP contribution in [0.15, 0.2) is 0 Å². The van der Waals surface area contributed by atoms with Crippen LogP contribution in [-0.2, 0) is 23.8 Å². The zero-order chi connectivity index (χ0) is 32.0. The summed E-state index contributed by atoms with van der Waals surface area (Å²) >= 11 is 0. The zero-order valence-electron chi connectivity index (χ0n) is 28.9. The van der Waals surface area contributed by atoms with Crippen LogP contribution in [0.1, 0.15) is 189 Å². The first-order chi connectivity index (χ1) is 20.7. The van der Waals surface area contributed by atoms with Gasteiger partial charge in [0.2, 0.25) is 0 Å². The molecule has 1 N–H and O–H groups in total. The maximum absolute atomic E-state index is 12.5. The third kappa shape index (κ3) is 31.4. The highest BCUT2D eigenvalue weighted by Gasteiger charge is 2.21. The summed E-state index contributed by atoms with van der Waals surface area (Å²) in [6.07, 6.45) is 26.1. The smallest absolute Gasteiger partial charge is 0.407 e. The van der Waals surface area contributed by atoms with Crippen molar-refractivity contribution in [2.75, 3.05) is 13.2 Å². The number of esters is 2. The van der Waals surface area contributed by atoms with E-state index in [0.717, 1.165) is 38.5 Å². The summed E-state index contributed by atoms with van der Waals surface area (Å²) < 4.78 is 16.3. The van der Waals surface area contributed by atoms with Crippen molar-refractivity contribution in [2.45, 2.75) is 200 Å². The van der Waals surface area contributed by atoms with Crippen molar-refractivity contribution in [1.82, 2.24) is 5.32 Å². The molecule has 0 bridgehead atoms. The fourth-order valence-electron chi connectivity index (χ4n) is 5.02. The Morgan fingerprint density at radius 3 is 1.33 bits per heavy atom. The maximum atomic E-state index is 12.5. The molecule has 0 aliphatic rings. The average Bonchev–Trinajstić information content (AvgIpc) is 2.95. The van der Waals surface area contributed by atoms with E-state index in [0.29, 0.717) is 12.8 Å². The molecular weight excluding hydrogens is 542 g/mol. The molecule has 0 heterocycles. The van der Waals surface area contributed by atoms with E-state index in [1.54, 1.807) is 20.8 Å². The molecule has 1 amide bonds. The minimum absolute atomic E-state index is 0.0324. The standard InChI is InChI=1S/C36H69NO6/c1-6-8-10-12-14-16-18-20-22-24-26-28-33(38)41-31-32(30-37-35(40)43-36(3,4)5)42-34(39)29-27-25-23-21-19-17-15-13-11-9-7-2/h32H,6-31H2,1-5H3,(H,37,40)/t32-/m0/s1. The lowest BCUT2D eigenvalue weighted by molar-refractivity contribution is -0.159. The van der Waals surface area contributed by atoms with Gasteiger partial charge in [0.1, 0.15) is 12.2 Å². The summed E-state index contributed by atoms with van der Waals surface area (Å²) in [5, 5.41) is 2.64. The summed E-state index contributed by atoms with van der Waals surface area (Å²) in [5.74, 6) is -0.618. The van der Waals surface area contributed by atoms with Crippen LogP contribution < -0.4 is 5.32 Å². The molecule has 43 heavy (non-hydrogen) atoms. The summed E-state index contributed by atoms with van der Waals surface area (Å²) in [5.41, 5.74) is -0.633. The van der Waals surface area contributed by atoms with Crippen LogP contribution in [0.25, 0.3) is 0 Å². The van der Waals surface area contributed by atoms with Crippen molar-refractivity contribution in [2.24, 2.45) is 0 Å². The van der Waals surface area contributed by atoms with Gasteiger partial charge in [-0.2, -0.15) is 0 Å². The van der Waals surface area contributed by atoms with Gasteiger partial charge in [-0.3, -0.25) is 9.59 Å². The highest BCUT2D eigenvalue weighted by Crippen LogP contribution is 2.14. The number of amides is 1. The van der Waals surface area contributed by atoms with Crippen molar-refractivity contribution in [1.29, 1.82) is 0 Å². The first-order valence-electron chi connectivity index (χ1n) is 18.0. The number of unbranched alkanes of at least 4 members (excludes halogenated alkanes) is 20. The Morgan fingerprint density at radius 1 is 0.558 bits per heavy atom. The molecule has 0 spiro atoms. The molecule has 0 aromatic rings. The predicted octanol–water partition coefficient (Wildman–Crippen LogP) is 10.4. The van der Waals surface area contributed by atoms with E-state index in [1.165, 1.54) is 103 Å². The Balaban J connectivity index is 4.23. The molecule has 0 radical (unpaired) electrons. The zero-order valence-corrected chi connectivity index (χ0v) is 28.9. The van der Waals surface area contributed by atoms with E-state index < -0.39 is 17.8 Å². The Hall–Kier alpha value is -1.79. The van der Waals surface area contributed by atoms with Crippen LogP contribution in [0.5, 0.6) is 0 Å². The van der Waals surface area contributed by atoms with Gasteiger partial charge < -0.3 is 19.5 Å². The van der Waals surface area contributed by atoms with Crippen LogP contribution in [0.2, 0.25) is 0 Å². The first-order valence-corrected chi connectivity index (χ1v) is 18.0. The van der Waals surface area contributed by atoms with Gasteiger partial charge in [0.25, 0.3) is 0 Å². The highest BCUT2D eigenvalue weighted by atomic mass is 16.6. The van der Waals surface area contributed by atoms with Gasteiger partial charge in [0.15, 0.2) is 6.10 Å². The molecule has 7 heteroatoms. The Labute approximate surface area is 265 Å². The molecule has 0 saturated heterocycles. The van der Waals surface area contributed by atoms with Gasteiger partial charge >= 0.3 is 18.0 Å². The third-order valence-corrected chi connectivity index (χ3v) is 7.57. The number of nitrogens with one attached hydrogen (secondary N) is 1. The molecule has 0 aliphatic heterocycles. The second kappa shape index (κ2) is 29.0. The summed E-state index contributed by atoms with van der Waals surface area (Å²) in [6.45, 7) is 9.80. The molecule has 0 aromatic heterocycles. The summed E-state index contributed by atoms with van der Waals surface area (Å²) in [7, 11) is 0. The van der Waals surface area contributed by atoms with Gasteiger partial charge in [0, 0.05) is 12.8 Å². The molecular formula is C36H69NO6. The largest absolute Gasteiger partial charge is 0.462 e. The molecule has 0 saturated carbocycles. The van der Waals surface area contributed by atoms with Crippen molar-refractivity contribution in [3.8, 4) is 0 Å². The Kier molecular flexibility index (Phi) is 27.7. The van der Waals surface area contributed by atoms with E-state index in [1.807, 2.05) is 0 Å². The lowest BCUT2D eigenvalue weighted by Crippen LogP contribution is -2.40. The van der Waals surface area contributed by atoms with Crippen molar-refractivity contribution >= 4 is 18.0 Å². The molecule has 0 aromatic carbocycles. The van der Waals surface area contributed by atoms with Crippen molar-refractivity contribution < 1.29 is 28.6 Å². The number of rotatable bonds is 29. The van der Waals surface area contributed by atoms with Crippen LogP contribution in [0.3, 0.4) is 0 Å². The molecule has 254 valence electrons. The van der Waals surface area contributed by atoms with Gasteiger partial charge in [-0.05, 0) is 33.6 Å². The van der Waals surface area contributed by atoms with Crippen molar-refractivity contribution in [3.63, 3.8) is 0 Å². The molecule has 0 unspecified atom stereocenters. The fraction of sp³-hybridized carbons (Fsp3) is 0.917. The monoisotopic (exact) mass is 612 g/mol. The molecule has 0 fully saturated rings. The predicted molar refractivity (Wildman–Crippen MR) is 177 cm³/mol. The number of alkyl carbamates (subject to hydrolysis) is 1. The van der Waals surface area contributed by atoms with Gasteiger partial charge in [-0.25, -0.2) is 4.79 Å². The number of carbonyl (C=O) groups is 3. The van der Waals surface area contributed by atoms with Gasteiger partial charge in [0.05, 0.1) is 6.54 Å². The van der Waals surface area contributed by atoms with E-state index in [-0.39, 0.29) is 25.1 Å². The van der Waals surface area contributed by atoms with E-state index in [2.05, 4.69) is 19.2 Å². The maximum Gasteiger partial charge on any atom is 0.407 e. The first kappa shape index (κ1) is 41.2. The second-order valence-electron chi connectivity index (χ2n) is 13.2. The minimum atomic E-state index is -0.742. The summed E-state index contributed by atoms with van der Waals surface area (Å²) in [4.78, 5) is 37.0. The normalized spacial score (nSPS) is 12.1. The van der Waals surface area contributed by atoms with Gasteiger partial charge in [-0.1, -0.05) is 142 Å². The van der Waals surface area contributed by atoms with Crippen LogP contribution >= 0.6 is 0 Å². The number of ether oxygens (including phenoxy) is 3.